The van der Waals surface area contributed by atoms with Crippen molar-refractivity contribution in [1.82, 2.24) is 4.90 Å². The van der Waals surface area contributed by atoms with Crippen molar-refractivity contribution >= 4 is 5.97 Å². The van der Waals surface area contributed by atoms with Gasteiger partial charge in [-0.25, -0.2) is 4.79 Å². The van der Waals surface area contributed by atoms with Crippen molar-refractivity contribution in [2.75, 3.05) is 33.4 Å². The fourth-order valence-corrected chi connectivity index (χ4v) is 5.98. The lowest BCUT2D eigenvalue weighted by molar-refractivity contribution is -0.159. The van der Waals surface area contributed by atoms with Crippen molar-refractivity contribution in [3.05, 3.63) is 30.3 Å². The average Bonchev–Trinajstić information content (AvgIpc) is 2.85. The second kappa shape index (κ2) is 11.7. The van der Waals surface area contributed by atoms with Crippen molar-refractivity contribution in [2.45, 2.75) is 88.6 Å². The monoisotopic (exact) mass is 459 g/mol. The van der Waals surface area contributed by atoms with Crippen LogP contribution < -0.4 is 4.74 Å². The Balaban J connectivity index is 1.21. The maximum absolute atomic E-state index is 12.6. The number of fused-ring (bicyclic) bond motifs is 1. The van der Waals surface area contributed by atoms with Gasteiger partial charge < -0.3 is 18.9 Å². The third-order valence-electron chi connectivity index (χ3n) is 7.75. The van der Waals surface area contributed by atoms with Crippen LogP contribution in [0.4, 0.5) is 0 Å². The minimum Gasteiger partial charge on any atom is -0.476 e. The van der Waals surface area contributed by atoms with Crippen LogP contribution in [-0.4, -0.2) is 68.1 Å². The number of esters is 1. The second-order valence-corrected chi connectivity index (χ2v) is 10.2. The van der Waals surface area contributed by atoms with Gasteiger partial charge in [-0.05, 0) is 63.5 Å². The van der Waals surface area contributed by atoms with Gasteiger partial charge >= 0.3 is 5.97 Å². The van der Waals surface area contributed by atoms with Gasteiger partial charge in [0.25, 0.3) is 0 Å². The Labute approximate surface area is 198 Å². The molecule has 1 aromatic rings. The molecular formula is C27H41NO5. The maximum Gasteiger partial charge on any atom is 0.349 e. The van der Waals surface area contributed by atoms with Crippen molar-refractivity contribution in [3.63, 3.8) is 0 Å². The molecule has 2 aliphatic carbocycles. The van der Waals surface area contributed by atoms with Crippen LogP contribution >= 0.6 is 0 Å². The number of ether oxygens (including phenoxy) is 4. The SMILES string of the molecule is COC(=O)C(C)(CC1CCC(OCCN2CCOC3CCCCC32)CC1)Oc1ccccc1. The first-order valence-corrected chi connectivity index (χ1v) is 12.9. The third-order valence-corrected chi connectivity index (χ3v) is 7.75. The number of hydrogen-bond donors (Lipinski definition) is 0. The minimum atomic E-state index is -0.971. The second-order valence-electron chi connectivity index (χ2n) is 10.2. The molecule has 3 aliphatic rings. The Morgan fingerprint density at radius 3 is 2.61 bits per heavy atom. The van der Waals surface area contributed by atoms with Crippen molar-refractivity contribution in [3.8, 4) is 5.75 Å². The predicted molar refractivity (Wildman–Crippen MR) is 127 cm³/mol. The van der Waals surface area contributed by atoms with E-state index in [9.17, 15) is 4.79 Å². The third kappa shape index (κ3) is 6.49. The van der Waals surface area contributed by atoms with Crippen LogP contribution in [0.3, 0.4) is 0 Å². The molecule has 184 valence electrons. The Kier molecular flexibility index (Phi) is 8.67. The summed E-state index contributed by atoms with van der Waals surface area (Å²) in [4.78, 5) is 15.2. The van der Waals surface area contributed by atoms with E-state index < -0.39 is 5.60 Å². The molecule has 3 fully saturated rings. The standard InChI is InChI=1S/C27H41NO5/c1-27(26(29)30-2,33-23-8-4-3-5-9-23)20-21-12-14-22(15-13-21)31-18-16-28-17-19-32-25-11-7-6-10-24(25)28/h3-5,8-9,21-22,24-25H,6-7,10-20H2,1-2H3. The van der Waals surface area contributed by atoms with E-state index in [-0.39, 0.29) is 5.97 Å². The van der Waals surface area contributed by atoms with Crippen LogP contribution in [0.2, 0.25) is 0 Å². The number of benzene rings is 1. The molecule has 4 rings (SSSR count). The first-order chi connectivity index (χ1) is 16.1. The van der Waals surface area contributed by atoms with Gasteiger partial charge in [-0.3, -0.25) is 4.90 Å². The maximum atomic E-state index is 12.6. The highest BCUT2D eigenvalue weighted by Gasteiger charge is 2.40. The van der Waals surface area contributed by atoms with E-state index in [0.717, 1.165) is 52.0 Å². The number of para-hydroxylation sites is 1. The zero-order chi connectivity index (χ0) is 23.1. The smallest absolute Gasteiger partial charge is 0.349 e. The largest absolute Gasteiger partial charge is 0.476 e. The van der Waals surface area contributed by atoms with E-state index in [1.807, 2.05) is 37.3 Å². The minimum absolute atomic E-state index is 0.309. The van der Waals surface area contributed by atoms with Crippen LogP contribution in [0, 0.1) is 5.92 Å². The molecule has 0 spiro atoms. The number of carbonyl (C=O) groups is 1. The predicted octanol–water partition coefficient (Wildman–Crippen LogP) is 4.61. The van der Waals surface area contributed by atoms with Gasteiger partial charge in [-0.2, -0.15) is 0 Å². The number of methoxy groups -OCH3 is 1. The quantitative estimate of drug-likeness (QED) is 0.503. The molecule has 33 heavy (non-hydrogen) atoms. The summed E-state index contributed by atoms with van der Waals surface area (Å²) < 4.78 is 23.5. The number of rotatable bonds is 9. The van der Waals surface area contributed by atoms with Crippen LogP contribution in [0.5, 0.6) is 5.75 Å². The van der Waals surface area contributed by atoms with Gasteiger partial charge in [0, 0.05) is 25.6 Å². The van der Waals surface area contributed by atoms with Crippen LogP contribution in [0.25, 0.3) is 0 Å². The molecule has 0 aromatic heterocycles. The lowest BCUT2D eigenvalue weighted by Gasteiger charge is -2.44. The summed E-state index contributed by atoms with van der Waals surface area (Å²) in [7, 11) is 1.43. The Morgan fingerprint density at radius 2 is 1.85 bits per heavy atom. The molecule has 6 nitrogen and oxygen atoms in total. The molecule has 1 saturated heterocycles. The highest BCUT2D eigenvalue weighted by Crippen LogP contribution is 2.35. The molecule has 3 unspecified atom stereocenters. The number of carbonyl (C=O) groups excluding carboxylic acids is 1. The van der Waals surface area contributed by atoms with Crippen molar-refractivity contribution in [2.24, 2.45) is 5.92 Å². The van der Waals surface area contributed by atoms with Crippen LogP contribution in [0.1, 0.15) is 64.7 Å². The summed E-state index contributed by atoms with van der Waals surface area (Å²) in [5.74, 6) is 0.821. The zero-order valence-electron chi connectivity index (χ0n) is 20.4. The topological polar surface area (TPSA) is 57.2 Å². The summed E-state index contributed by atoms with van der Waals surface area (Å²) in [6.07, 6.45) is 10.7. The number of morpholine rings is 1. The Morgan fingerprint density at radius 1 is 1.09 bits per heavy atom. The van der Waals surface area contributed by atoms with E-state index in [1.165, 1.54) is 32.8 Å². The molecule has 1 aromatic carbocycles. The highest BCUT2D eigenvalue weighted by molar-refractivity contribution is 5.79. The van der Waals surface area contributed by atoms with Gasteiger partial charge in [0.05, 0.1) is 32.5 Å². The number of nitrogens with zero attached hydrogens (tertiary/aromatic N) is 1. The zero-order valence-corrected chi connectivity index (χ0v) is 20.4. The van der Waals surface area contributed by atoms with E-state index in [2.05, 4.69) is 4.90 Å². The number of hydrogen-bond acceptors (Lipinski definition) is 6. The lowest BCUT2D eigenvalue weighted by atomic mass is 9.80. The summed E-state index contributed by atoms with van der Waals surface area (Å²) in [6.45, 7) is 5.56. The normalized spacial score (nSPS) is 30.1. The van der Waals surface area contributed by atoms with Gasteiger partial charge in [-0.1, -0.05) is 31.0 Å². The molecule has 0 radical (unpaired) electrons. The van der Waals surface area contributed by atoms with Gasteiger partial charge in [-0.15, -0.1) is 0 Å². The highest BCUT2D eigenvalue weighted by atomic mass is 16.6. The Bertz CT molecular complexity index is 733. The lowest BCUT2D eigenvalue weighted by Crippen LogP contribution is -2.53. The van der Waals surface area contributed by atoms with Crippen molar-refractivity contribution in [1.29, 1.82) is 0 Å². The first-order valence-electron chi connectivity index (χ1n) is 12.9. The van der Waals surface area contributed by atoms with E-state index in [0.29, 0.717) is 36.3 Å². The molecule has 0 N–H and O–H groups in total. The molecule has 0 bridgehead atoms. The molecule has 6 heteroatoms. The summed E-state index contributed by atoms with van der Waals surface area (Å²) >= 11 is 0. The molecular weight excluding hydrogens is 418 g/mol. The van der Waals surface area contributed by atoms with E-state index in [4.69, 9.17) is 18.9 Å². The fraction of sp³-hybridized carbons (Fsp3) is 0.741. The Hall–Kier alpha value is -1.63. The molecule has 3 atom stereocenters. The fourth-order valence-electron chi connectivity index (χ4n) is 5.98. The van der Waals surface area contributed by atoms with Gasteiger partial charge in [0.1, 0.15) is 5.75 Å². The van der Waals surface area contributed by atoms with Gasteiger partial charge in [0.15, 0.2) is 0 Å². The van der Waals surface area contributed by atoms with Crippen LogP contribution in [0.15, 0.2) is 30.3 Å². The molecule has 1 aliphatic heterocycles. The average molecular weight is 460 g/mol. The van der Waals surface area contributed by atoms with E-state index >= 15 is 0 Å². The molecule has 2 saturated carbocycles. The first kappa shape index (κ1) is 24.5. The molecule has 0 amide bonds. The van der Waals surface area contributed by atoms with Crippen molar-refractivity contribution < 1.29 is 23.7 Å². The summed E-state index contributed by atoms with van der Waals surface area (Å²) in [6, 6.07) is 10.1. The van der Waals surface area contributed by atoms with Gasteiger partial charge in [0.2, 0.25) is 5.60 Å². The van der Waals surface area contributed by atoms with Crippen LogP contribution in [-0.2, 0) is 19.0 Å². The van der Waals surface area contributed by atoms with E-state index in [1.54, 1.807) is 0 Å². The molecule has 1 heterocycles. The summed E-state index contributed by atoms with van der Waals surface area (Å²) in [5.41, 5.74) is -0.971. The summed E-state index contributed by atoms with van der Waals surface area (Å²) in [5, 5.41) is 0.